The van der Waals surface area contributed by atoms with E-state index in [4.69, 9.17) is 20.3 Å². The molecule has 0 radical (unpaired) electrons. The summed E-state index contributed by atoms with van der Waals surface area (Å²) in [7, 11) is 1.50. The highest BCUT2D eigenvalue weighted by molar-refractivity contribution is 6.00. The Labute approximate surface area is 261 Å². The highest BCUT2D eigenvalue weighted by Crippen LogP contribution is 2.19. The number of carboxylic acids is 1. The number of carbonyl (C=O) groups excluding carboxylic acids is 3. The number of ether oxygens (including phenoxy) is 2. The molecule has 1 heterocycles. The molecule has 1 rings (SSSR count). The van der Waals surface area contributed by atoms with E-state index in [1.165, 1.54) is 19.2 Å². The van der Waals surface area contributed by atoms with Gasteiger partial charge in [-0.2, -0.15) is 4.99 Å². The van der Waals surface area contributed by atoms with E-state index in [1.807, 2.05) is 55.4 Å². The number of esters is 1. The largest absolute Gasteiger partial charge is 0.478 e. The van der Waals surface area contributed by atoms with Gasteiger partial charge < -0.3 is 26.0 Å². The van der Waals surface area contributed by atoms with Gasteiger partial charge in [0.05, 0.1) is 17.8 Å². The van der Waals surface area contributed by atoms with E-state index >= 15 is 0 Å². The number of carboxylic acid groups (broad SMARTS) is 1. The number of aliphatic carboxylic acids is 1. The summed E-state index contributed by atoms with van der Waals surface area (Å²) in [6.07, 6.45) is 12.3. The second-order valence-corrected chi connectivity index (χ2v) is 8.60. The normalized spacial score (nSPS) is 15.8. The third-order valence-corrected chi connectivity index (χ3v) is 4.60. The van der Waals surface area contributed by atoms with E-state index in [0.29, 0.717) is 37.8 Å². The molecule has 0 bridgehead atoms. The molecule has 1 aliphatic heterocycles. The number of hydrogen-bond donors (Lipinski definition) is 3. The number of aliphatic imine (C=N–C) groups is 1. The quantitative estimate of drug-likeness (QED) is 0.0601. The molecule has 10 nitrogen and oxygen atoms in total. The van der Waals surface area contributed by atoms with Crippen LogP contribution in [-0.4, -0.2) is 60.9 Å². The van der Waals surface area contributed by atoms with Crippen LogP contribution in [-0.2, 0) is 28.7 Å². The Balaban J connectivity index is -0.000000155. The molecule has 0 aromatic rings. The molecule has 1 aliphatic rings. The maximum atomic E-state index is 11.2. The lowest BCUT2D eigenvalue weighted by Crippen LogP contribution is -2.19. The molecule has 0 spiro atoms. The van der Waals surface area contributed by atoms with Gasteiger partial charge in [-0.3, -0.25) is 14.4 Å². The molecular weight excluding hydrogens is 550 g/mol. The van der Waals surface area contributed by atoms with Crippen molar-refractivity contribution in [2.45, 2.75) is 114 Å². The van der Waals surface area contributed by atoms with Crippen molar-refractivity contribution in [1.82, 2.24) is 0 Å². The van der Waals surface area contributed by atoms with Crippen LogP contribution in [0.25, 0.3) is 0 Å². The smallest absolute Gasteiger partial charge is 0.336 e. The summed E-state index contributed by atoms with van der Waals surface area (Å²) in [6, 6.07) is 0. The Kier molecular flexibility index (Phi) is 42.0. The lowest BCUT2D eigenvalue weighted by molar-refractivity contribution is -0.148. The SMILES string of the molecule is C/C=C\C(N)=NC(=O)CCC.C=C/C(C=O)=C(\C=C/C)C(=O)O.CC.CC.CC(C)CC(=O)OCC1CCC(C)O1.CN. The summed E-state index contributed by atoms with van der Waals surface area (Å²) in [5.74, 6) is -0.738. The van der Waals surface area contributed by atoms with E-state index in [1.54, 1.807) is 25.2 Å². The minimum atomic E-state index is -1.13. The van der Waals surface area contributed by atoms with Gasteiger partial charge in [-0.15, -0.1) is 0 Å². The first kappa shape index (κ1) is 49.3. The molecule has 10 heteroatoms. The van der Waals surface area contributed by atoms with Crippen LogP contribution in [0.15, 0.2) is 53.1 Å². The Morgan fingerprint density at radius 1 is 1.07 bits per heavy atom. The van der Waals surface area contributed by atoms with Gasteiger partial charge in [0.25, 0.3) is 0 Å². The van der Waals surface area contributed by atoms with Crippen molar-refractivity contribution in [2.75, 3.05) is 13.7 Å². The Bertz CT molecular complexity index is 851. The van der Waals surface area contributed by atoms with E-state index < -0.39 is 5.97 Å². The predicted molar refractivity (Wildman–Crippen MR) is 179 cm³/mol. The number of nitrogens with zero attached hydrogens (tertiary/aromatic N) is 1. The molecule has 0 saturated carbocycles. The minimum Gasteiger partial charge on any atom is -0.478 e. The summed E-state index contributed by atoms with van der Waals surface area (Å²) >= 11 is 0. The first-order chi connectivity index (χ1) is 20.4. The summed E-state index contributed by atoms with van der Waals surface area (Å²) in [4.78, 5) is 46.5. The van der Waals surface area contributed by atoms with Gasteiger partial charge >= 0.3 is 11.9 Å². The molecule has 0 aromatic heterocycles. The third-order valence-electron chi connectivity index (χ3n) is 4.60. The van der Waals surface area contributed by atoms with Crippen molar-refractivity contribution in [3.8, 4) is 0 Å². The number of hydrogen-bond acceptors (Lipinski definition) is 7. The number of amides is 1. The van der Waals surface area contributed by atoms with E-state index in [0.717, 1.165) is 19.3 Å². The molecular formula is C33H61N3O7. The average Bonchev–Trinajstić information content (AvgIpc) is 3.40. The summed E-state index contributed by atoms with van der Waals surface area (Å²) in [6.45, 7) is 23.3. The molecule has 1 fully saturated rings. The lowest BCUT2D eigenvalue weighted by atomic mass is 10.1. The third kappa shape index (κ3) is 33.0. The zero-order valence-corrected chi connectivity index (χ0v) is 28.6. The van der Waals surface area contributed by atoms with Crippen molar-refractivity contribution < 1.29 is 33.8 Å². The van der Waals surface area contributed by atoms with E-state index in [-0.39, 0.29) is 35.0 Å². The fraction of sp³-hybridized carbons (Fsp3) is 0.606. The first-order valence-electron chi connectivity index (χ1n) is 15.0. The van der Waals surface area contributed by atoms with Crippen LogP contribution < -0.4 is 11.5 Å². The number of aldehydes is 1. The van der Waals surface area contributed by atoms with Crippen molar-refractivity contribution in [2.24, 2.45) is 22.4 Å². The molecule has 2 atom stereocenters. The molecule has 0 aromatic carbocycles. The maximum absolute atomic E-state index is 11.2. The van der Waals surface area contributed by atoms with Gasteiger partial charge in [0.1, 0.15) is 12.4 Å². The fourth-order valence-electron chi connectivity index (χ4n) is 2.89. The predicted octanol–water partition coefficient (Wildman–Crippen LogP) is 6.35. The molecule has 43 heavy (non-hydrogen) atoms. The topological polar surface area (TPSA) is 171 Å². The first-order valence-corrected chi connectivity index (χ1v) is 15.0. The standard InChI is InChI=1S/C11H20O3.C9H10O3.C8H14N2O.2C2H6.CH5N/c1-8(2)6-11(12)13-7-10-5-4-9(3)14-10;1-3-5-8(9(11)12)7(4-2)6-10;1-3-5-7(9)10-8(11)6-4-2;3*1-2/h8-10H,4-7H2,1-3H3;3-6H,2H2,1H3,(H,11,12);3,5H,4,6H2,1-2H3,(H2,9,10,11);2*1-2H3;2H2,1H3/b;5-3-,8-7-;5-3-;;;. The average molecular weight is 612 g/mol. The zero-order chi connectivity index (χ0) is 34.8. The molecule has 2 unspecified atom stereocenters. The number of rotatable bonds is 11. The molecule has 0 aliphatic carbocycles. The van der Waals surface area contributed by atoms with Crippen molar-refractivity contribution in [3.05, 3.63) is 48.1 Å². The van der Waals surface area contributed by atoms with E-state index in [9.17, 15) is 19.2 Å². The van der Waals surface area contributed by atoms with Crippen molar-refractivity contribution in [3.63, 3.8) is 0 Å². The van der Waals surface area contributed by atoms with Gasteiger partial charge in [0.2, 0.25) is 5.91 Å². The minimum absolute atomic E-state index is 0.0394. The number of carbonyl (C=O) groups is 4. The highest BCUT2D eigenvalue weighted by Gasteiger charge is 2.23. The Morgan fingerprint density at radius 3 is 1.95 bits per heavy atom. The second kappa shape index (κ2) is 36.7. The zero-order valence-electron chi connectivity index (χ0n) is 28.6. The Hall–Kier alpha value is -3.37. The number of nitrogens with two attached hydrogens (primary N) is 2. The summed E-state index contributed by atoms with van der Waals surface area (Å²) in [5.41, 5.74) is 9.90. The van der Waals surface area contributed by atoms with Crippen molar-refractivity contribution in [1.29, 1.82) is 0 Å². The molecule has 1 saturated heterocycles. The molecule has 1 amide bonds. The number of allylic oxidation sites excluding steroid dienone is 4. The van der Waals surface area contributed by atoms with Gasteiger partial charge in [-0.25, -0.2) is 4.79 Å². The van der Waals surface area contributed by atoms with Gasteiger partial charge in [-0.05, 0) is 59.1 Å². The van der Waals surface area contributed by atoms with Crippen LogP contribution in [0.5, 0.6) is 0 Å². The van der Waals surface area contributed by atoms with Crippen molar-refractivity contribution >= 4 is 30.0 Å². The van der Waals surface area contributed by atoms with Gasteiger partial charge in [0.15, 0.2) is 6.29 Å². The van der Waals surface area contributed by atoms with E-state index in [2.05, 4.69) is 24.2 Å². The second-order valence-electron chi connectivity index (χ2n) is 8.60. The fourth-order valence-corrected chi connectivity index (χ4v) is 2.89. The van der Waals surface area contributed by atoms with Crippen LogP contribution >= 0.6 is 0 Å². The monoisotopic (exact) mass is 611 g/mol. The summed E-state index contributed by atoms with van der Waals surface area (Å²) in [5, 5.41) is 8.62. The summed E-state index contributed by atoms with van der Waals surface area (Å²) < 4.78 is 10.7. The van der Waals surface area contributed by atoms with Gasteiger partial charge in [-0.1, -0.05) is 79.3 Å². The number of amidine groups is 1. The molecule has 5 N–H and O–H groups in total. The van der Waals surface area contributed by atoms with Crippen LogP contribution in [0.1, 0.15) is 101 Å². The maximum Gasteiger partial charge on any atom is 0.336 e. The Morgan fingerprint density at radius 2 is 1.60 bits per heavy atom. The van der Waals surface area contributed by atoms with Crippen LogP contribution in [0.3, 0.4) is 0 Å². The van der Waals surface area contributed by atoms with Crippen LogP contribution in [0.2, 0.25) is 0 Å². The van der Waals surface area contributed by atoms with Crippen LogP contribution in [0, 0.1) is 5.92 Å². The van der Waals surface area contributed by atoms with Gasteiger partial charge in [0, 0.05) is 18.4 Å². The highest BCUT2D eigenvalue weighted by atomic mass is 16.6. The molecule has 250 valence electrons. The van der Waals surface area contributed by atoms with Crippen LogP contribution in [0.4, 0.5) is 0 Å². The lowest BCUT2D eigenvalue weighted by Gasteiger charge is -2.12.